The van der Waals surface area contributed by atoms with Crippen molar-refractivity contribution in [3.8, 4) is 0 Å². The predicted octanol–water partition coefficient (Wildman–Crippen LogP) is 8.06. The molecule has 6 heteroatoms. The third-order valence-corrected chi connectivity index (χ3v) is 6.97. The van der Waals surface area contributed by atoms with Crippen molar-refractivity contribution >= 4 is 11.9 Å². The van der Waals surface area contributed by atoms with E-state index >= 15 is 0 Å². The van der Waals surface area contributed by atoms with E-state index in [-0.39, 0.29) is 26.4 Å². The number of unbranched alkanes of at least 4 members (excludes halogenated alkanes) is 13. The molecule has 0 aliphatic rings. The number of ether oxygens (including phenoxy) is 4. The fourth-order valence-corrected chi connectivity index (χ4v) is 4.72. The van der Waals surface area contributed by atoms with E-state index in [2.05, 4.69) is 6.92 Å². The summed E-state index contributed by atoms with van der Waals surface area (Å²) < 4.78 is 22.2. The molecule has 1 rings (SSSR count). The van der Waals surface area contributed by atoms with Gasteiger partial charge in [-0.25, -0.2) is 0 Å². The van der Waals surface area contributed by atoms with E-state index in [9.17, 15) is 9.59 Å². The summed E-state index contributed by atoms with van der Waals surface area (Å²) in [5.41, 5.74) is 1.03. The van der Waals surface area contributed by atoms with Crippen LogP contribution in [-0.2, 0) is 35.1 Å². The van der Waals surface area contributed by atoms with E-state index < -0.39 is 23.8 Å². The number of hydrogen-bond acceptors (Lipinski definition) is 6. The molecule has 0 amide bonds. The van der Waals surface area contributed by atoms with Gasteiger partial charge in [-0.2, -0.15) is 0 Å². The van der Waals surface area contributed by atoms with Crippen LogP contribution in [0.25, 0.3) is 0 Å². The second kappa shape index (κ2) is 25.1. The van der Waals surface area contributed by atoms with Crippen LogP contribution in [0.4, 0.5) is 0 Å². The quantitative estimate of drug-likeness (QED) is 0.0662. The van der Waals surface area contributed by atoms with Crippen LogP contribution in [0.5, 0.6) is 0 Å². The summed E-state index contributed by atoms with van der Waals surface area (Å²) in [4.78, 5) is 25.3. The molecule has 1 aromatic rings. The lowest BCUT2D eigenvalue weighted by Crippen LogP contribution is -2.39. The Hall–Kier alpha value is -1.92. The average Bonchev–Trinajstić information content (AvgIpc) is 2.93. The van der Waals surface area contributed by atoms with Gasteiger partial charge in [0, 0.05) is 12.5 Å². The summed E-state index contributed by atoms with van der Waals surface area (Å²) in [5, 5.41) is 0. The second-order valence-corrected chi connectivity index (χ2v) is 10.4. The van der Waals surface area contributed by atoms with Gasteiger partial charge in [0.15, 0.2) is 5.92 Å². The summed E-state index contributed by atoms with van der Waals surface area (Å²) in [6, 6.07) is 9.82. The van der Waals surface area contributed by atoms with Crippen molar-refractivity contribution in [2.24, 2.45) is 11.8 Å². The lowest BCUT2D eigenvalue weighted by molar-refractivity contribution is -0.167. The van der Waals surface area contributed by atoms with Gasteiger partial charge in [-0.15, -0.1) is 0 Å². The molecule has 0 unspecified atom stereocenters. The van der Waals surface area contributed by atoms with Gasteiger partial charge in [-0.05, 0) is 25.8 Å². The molecule has 0 aliphatic heterocycles. The highest BCUT2D eigenvalue weighted by Gasteiger charge is 2.38. The maximum Gasteiger partial charge on any atom is 0.320 e. The standard InChI is InChI=1S/C33H56O6/c1-4-7-8-9-10-11-12-13-14-15-16-17-18-22-25-36-27-30(28-37-26-29-23-20-19-21-24-29)31(32(34)38-5-2)33(35)39-6-3/h19-21,23-24,30-31H,4-18,22,25-28H2,1-3H3/t30-/m1/s1. The Balaban J connectivity index is 2.33. The molecular weight excluding hydrogens is 492 g/mol. The number of esters is 2. The summed E-state index contributed by atoms with van der Waals surface area (Å²) in [6.07, 6.45) is 18.3. The first-order valence-corrected chi connectivity index (χ1v) is 15.7. The van der Waals surface area contributed by atoms with Gasteiger partial charge < -0.3 is 18.9 Å². The highest BCUT2D eigenvalue weighted by atomic mass is 16.6. The lowest BCUT2D eigenvalue weighted by Gasteiger charge is -2.24. The van der Waals surface area contributed by atoms with Crippen molar-refractivity contribution in [2.75, 3.05) is 33.0 Å². The number of rotatable bonds is 26. The summed E-state index contributed by atoms with van der Waals surface area (Å²) in [5.74, 6) is -2.69. The largest absolute Gasteiger partial charge is 0.465 e. The van der Waals surface area contributed by atoms with E-state index in [1.54, 1.807) is 13.8 Å². The predicted molar refractivity (Wildman–Crippen MR) is 157 cm³/mol. The topological polar surface area (TPSA) is 71.1 Å². The Labute approximate surface area is 238 Å². The van der Waals surface area contributed by atoms with E-state index in [1.165, 1.54) is 77.0 Å². The average molecular weight is 549 g/mol. The highest BCUT2D eigenvalue weighted by Crippen LogP contribution is 2.20. The molecular formula is C33H56O6. The normalized spacial score (nSPS) is 12.0. The molecule has 0 aliphatic carbocycles. The second-order valence-electron chi connectivity index (χ2n) is 10.4. The number of carbonyl (C=O) groups excluding carboxylic acids is 2. The van der Waals surface area contributed by atoms with E-state index in [0.29, 0.717) is 13.2 Å². The molecule has 6 nitrogen and oxygen atoms in total. The van der Waals surface area contributed by atoms with Crippen LogP contribution < -0.4 is 0 Å². The Kier molecular flexibility index (Phi) is 22.6. The lowest BCUT2D eigenvalue weighted by atomic mass is 9.93. The summed E-state index contributed by atoms with van der Waals surface area (Å²) in [6.45, 7) is 7.58. The first-order valence-electron chi connectivity index (χ1n) is 15.7. The van der Waals surface area contributed by atoms with Crippen molar-refractivity contribution in [3.05, 3.63) is 35.9 Å². The maximum absolute atomic E-state index is 12.7. The van der Waals surface area contributed by atoms with Gasteiger partial charge >= 0.3 is 11.9 Å². The first-order chi connectivity index (χ1) is 19.1. The third-order valence-electron chi connectivity index (χ3n) is 6.97. The van der Waals surface area contributed by atoms with Crippen LogP contribution in [0.1, 0.15) is 116 Å². The van der Waals surface area contributed by atoms with Crippen LogP contribution in [-0.4, -0.2) is 45.0 Å². The zero-order valence-corrected chi connectivity index (χ0v) is 25.1. The van der Waals surface area contributed by atoms with Gasteiger partial charge in [0.25, 0.3) is 0 Å². The Morgan fingerprint density at radius 3 is 1.56 bits per heavy atom. The highest BCUT2D eigenvalue weighted by molar-refractivity contribution is 5.95. The Morgan fingerprint density at radius 2 is 1.08 bits per heavy atom. The monoisotopic (exact) mass is 548 g/mol. The van der Waals surface area contributed by atoms with Crippen LogP contribution >= 0.6 is 0 Å². The van der Waals surface area contributed by atoms with Crippen LogP contribution in [0.15, 0.2) is 30.3 Å². The molecule has 0 N–H and O–H groups in total. The molecule has 1 atom stereocenters. The third kappa shape index (κ3) is 18.1. The fraction of sp³-hybridized carbons (Fsp3) is 0.758. The minimum Gasteiger partial charge on any atom is -0.465 e. The van der Waals surface area contributed by atoms with Crippen molar-refractivity contribution < 1.29 is 28.5 Å². The van der Waals surface area contributed by atoms with Gasteiger partial charge in [0.1, 0.15) is 0 Å². The first kappa shape index (κ1) is 35.1. The zero-order valence-electron chi connectivity index (χ0n) is 25.1. The number of benzene rings is 1. The van der Waals surface area contributed by atoms with E-state index in [4.69, 9.17) is 18.9 Å². The number of hydrogen-bond donors (Lipinski definition) is 0. The molecule has 0 aromatic heterocycles. The van der Waals surface area contributed by atoms with Crippen LogP contribution in [0.2, 0.25) is 0 Å². The van der Waals surface area contributed by atoms with Crippen LogP contribution in [0.3, 0.4) is 0 Å². The molecule has 0 bridgehead atoms. The summed E-state index contributed by atoms with van der Waals surface area (Å²) in [7, 11) is 0. The van der Waals surface area contributed by atoms with Gasteiger partial charge in [0.05, 0.1) is 33.0 Å². The molecule has 1 aromatic carbocycles. The Bertz CT molecular complexity index is 689. The smallest absolute Gasteiger partial charge is 0.320 e. The minimum absolute atomic E-state index is 0.201. The minimum atomic E-state index is -1.06. The molecule has 0 fully saturated rings. The fourth-order valence-electron chi connectivity index (χ4n) is 4.72. The number of carbonyl (C=O) groups is 2. The zero-order chi connectivity index (χ0) is 28.4. The molecule has 39 heavy (non-hydrogen) atoms. The van der Waals surface area contributed by atoms with Gasteiger partial charge in [0.2, 0.25) is 0 Å². The van der Waals surface area contributed by atoms with Crippen molar-refractivity contribution in [2.45, 2.75) is 117 Å². The van der Waals surface area contributed by atoms with Crippen molar-refractivity contribution in [1.82, 2.24) is 0 Å². The molecule has 0 saturated heterocycles. The molecule has 0 radical (unpaired) electrons. The van der Waals surface area contributed by atoms with Crippen molar-refractivity contribution in [3.63, 3.8) is 0 Å². The van der Waals surface area contributed by atoms with Crippen LogP contribution in [0, 0.1) is 11.8 Å². The molecule has 224 valence electrons. The van der Waals surface area contributed by atoms with Crippen molar-refractivity contribution in [1.29, 1.82) is 0 Å². The Morgan fingerprint density at radius 1 is 0.615 bits per heavy atom. The molecule has 0 heterocycles. The van der Waals surface area contributed by atoms with Gasteiger partial charge in [-0.1, -0.05) is 121 Å². The van der Waals surface area contributed by atoms with Gasteiger partial charge in [-0.3, -0.25) is 9.59 Å². The van der Waals surface area contributed by atoms with E-state index in [1.807, 2.05) is 30.3 Å². The van der Waals surface area contributed by atoms with E-state index in [0.717, 1.165) is 18.4 Å². The summed E-state index contributed by atoms with van der Waals surface area (Å²) >= 11 is 0. The SMILES string of the molecule is CCCCCCCCCCCCCCCCOC[C@H](COCc1ccccc1)C(C(=O)OCC)C(=O)OCC. The maximum atomic E-state index is 12.7. The molecule has 0 saturated carbocycles. The molecule has 0 spiro atoms.